The van der Waals surface area contributed by atoms with Crippen molar-refractivity contribution in [3.63, 3.8) is 0 Å². The average Bonchev–Trinajstić information content (AvgIpc) is 2.88. The number of rotatable bonds is 4. The van der Waals surface area contributed by atoms with E-state index in [0.717, 1.165) is 19.5 Å². The molecule has 1 saturated heterocycles. The lowest BCUT2D eigenvalue weighted by molar-refractivity contribution is -0.384. The third kappa shape index (κ3) is 2.72. The van der Waals surface area contributed by atoms with Gasteiger partial charge in [0, 0.05) is 24.6 Å². The molecule has 2 aromatic rings. The van der Waals surface area contributed by atoms with E-state index in [0.29, 0.717) is 29.6 Å². The number of aromatic amines is 1. The first-order chi connectivity index (χ1) is 9.72. The van der Waals surface area contributed by atoms with Crippen LogP contribution in [-0.4, -0.2) is 34.6 Å². The number of piperidine rings is 1. The Hall–Kier alpha value is -2.15. The minimum Gasteiger partial charge on any atom is -0.464 e. The van der Waals surface area contributed by atoms with Gasteiger partial charge in [-0.1, -0.05) is 0 Å². The van der Waals surface area contributed by atoms with Crippen LogP contribution in [0, 0.1) is 16.0 Å². The number of nitrogens with one attached hydrogen (secondary N) is 2. The van der Waals surface area contributed by atoms with Crippen molar-refractivity contribution in [1.82, 2.24) is 15.3 Å². The van der Waals surface area contributed by atoms with E-state index < -0.39 is 4.92 Å². The lowest BCUT2D eigenvalue weighted by Crippen LogP contribution is -2.33. The number of aromatic nitrogens is 2. The summed E-state index contributed by atoms with van der Waals surface area (Å²) in [6.45, 7) is 2.64. The molecule has 1 unspecified atom stereocenters. The second-order valence-corrected chi connectivity index (χ2v) is 5.02. The lowest BCUT2D eigenvalue weighted by atomic mass is 10.0. The van der Waals surface area contributed by atoms with Gasteiger partial charge in [-0.05, 0) is 25.5 Å². The van der Waals surface area contributed by atoms with Crippen molar-refractivity contribution in [2.24, 2.45) is 5.92 Å². The Kier molecular flexibility index (Phi) is 3.51. The van der Waals surface area contributed by atoms with E-state index >= 15 is 0 Å². The van der Waals surface area contributed by atoms with E-state index in [1.165, 1.54) is 18.6 Å². The van der Waals surface area contributed by atoms with Crippen LogP contribution in [-0.2, 0) is 0 Å². The maximum Gasteiger partial charge on any atom is 0.294 e. The minimum atomic E-state index is -0.422. The Morgan fingerprint density at radius 1 is 1.50 bits per heavy atom. The summed E-state index contributed by atoms with van der Waals surface area (Å²) in [6.07, 6.45) is 2.32. The molecule has 0 saturated carbocycles. The Labute approximate surface area is 115 Å². The molecule has 2 N–H and O–H groups in total. The number of nitrogens with zero attached hydrogens (tertiary/aromatic N) is 2. The van der Waals surface area contributed by atoms with Crippen molar-refractivity contribution in [1.29, 1.82) is 0 Å². The monoisotopic (exact) mass is 276 g/mol. The van der Waals surface area contributed by atoms with Gasteiger partial charge in [-0.25, -0.2) is 0 Å². The molecule has 20 heavy (non-hydrogen) atoms. The quantitative estimate of drug-likeness (QED) is 0.656. The van der Waals surface area contributed by atoms with Crippen molar-refractivity contribution < 1.29 is 9.66 Å². The molecule has 0 bridgehead atoms. The van der Waals surface area contributed by atoms with Crippen LogP contribution in [0.3, 0.4) is 0 Å². The number of ether oxygens (including phenoxy) is 1. The highest BCUT2D eigenvalue weighted by molar-refractivity contribution is 5.78. The van der Waals surface area contributed by atoms with Crippen LogP contribution < -0.4 is 10.1 Å². The van der Waals surface area contributed by atoms with E-state index in [1.807, 2.05) is 0 Å². The summed E-state index contributed by atoms with van der Waals surface area (Å²) in [6, 6.07) is 4.96. The summed E-state index contributed by atoms with van der Waals surface area (Å²) in [5, 5.41) is 14.0. The van der Waals surface area contributed by atoms with E-state index in [-0.39, 0.29) is 5.69 Å². The predicted molar refractivity (Wildman–Crippen MR) is 73.8 cm³/mol. The average molecular weight is 276 g/mol. The van der Waals surface area contributed by atoms with Gasteiger partial charge in [0.1, 0.15) is 0 Å². The van der Waals surface area contributed by atoms with Crippen LogP contribution in [0.25, 0.3) is 11.0 Å². The molecule has 1 aliphatic rings. The Bertz CT molecular complexity index is 619. The molecule has 1 fully saturated rings. The standard InChI is InChI=1S/C13H16N4O3/c18-17(19)10-3-4-11-12(6-10)16-13(15-11)20-8-9-2-1-5-14-7-9/h3-4,6,9,14H,1-2,5,7-8H2,(H,15,16). The number of imidazole rings is 1. The molecule has 0 amide bonds. The number of hydrogen-bond donors (Lipinski definition) is 2. The van der Waals surface area contributed by atoms with Gasteiger partial charge < -0.3 is 15.0 Å². The van der Waals surface area contributed by atoms with Gasteiger partial charge >= 0.3 is 0 Å². The van der Waals surface area contributed by atoms with E-state index in [1.54, 1.807) is 6.07 Å². The Morgan fingerprint density at radius 2 is 2.40 bits per heavy atom. The molecule has 1 aromatic heterocycles. The van der Waals surface area contributed by atoms with Gasteiger partial charge in [0.25, 0.3) is 11.7 Å². The largest absolute Gasteiger partial charge is 0.464 e. The van der Waals surface area contributed by atoms with Crippen LogP contribution >= 0.6 is 0 Å². The van der Waals surface area contributed by atoms with Crippen LogP contribution in [0.5, 0.6) is 6.01 Å². The molecule has 0 radical (unpaired) electrons. The zero-order valence-electron chi connectivity index (χ0n) is 11.0. The normalized spacial score (nSPS) is 19.1. The first kappa shape index (κ1) is 12.9. The highest BCUT2D eigenvalue weighted by Crippen LogP contribution is 2.22. The summed E-state index contributed by atoms with van der Waals surface area (Å²) in [4.78, 5) is 17.5. The number of non-ortho nitro benzene ring substituents is 1. The number of H-pyrrole nitrogens is 1. The molecular weight excluding hydrogens is 260 g/mol. The summed E-state index contributed by atoms with van der Waals surface area (Å²) < 4.78 is 5.65. The molecule has 2 heterocycles. The summed E-state index contributed by atoms with van der Waals surface area (Å²) in [7, 11) is 0. The van der Waals surface area contributed by atoms with E-state index in [4.69, 9.17) is 4.74 Å². The topological polar surface area (TPSA) is 93.1 Å². The van der Waals surface area contributed by atoms with Crippen LogP contribution in [0.4, 0.5) is 5.69 Å². The molecule has 106 valence electrons. The Morgan fingerprint density at radius 3 is 3.15 bits per heavy atom. The Balaban J connectivity index is 1.70. The molecule has 1 aliphatic heterocycles. The van der Waals surface area contributed by atoms with Gasteiger partial charge in [0.15, 0.2) is 0 Å². The maximum atomic E-state index is 10.7. The molecule has 1 aromatic carbocycles. The van der Waals surface area contributed by atoms with E-state index in [9.17, 15) is 10.1 Å². The molecule has 0 aliphatic carbocycles. The molecule has 0 spiro atoms. The smallest absolute Gasteiger partial charge is 0.294 e. The maximum absolute atomic E-state index is 10.7. The van der Waals surface area contributed by atoms with Crippen molar-refractivity contribution >= 4 is 16.7 Å². The predicted octanol–water partition coefficient (Wildman–Crippen LogP) is 1.85. The second-order valence-electron chi connectivity index (χ2n) is 5.02. The van der Waals surface area contributed by atoms with Crippen LogP contribution in [0.1, 0.15) is 12.8 Å². The zero-order valence-corrected chi connectivity index (χ0v) is 11.0. The van der Waals surface area contributed by atoms with Gasteiger partial charge in [-0.15, -0.1) is 0 Å². The van der Waals surface area contributed by atoms with E-state index in [2.05, 4.69) is 15.3 Å². The van der Waals surface area contributed by atoms with Gasteiger partial charge in [-0.3, -0.25) is 10.1 Å². The zero-order chi connectivity index (χ0) is 13.9. The second kappa shape index (κ2) is 5.46. The number of benzene rings is 1. The summed E-state index contributed by atoms with van der Waals surface area (Å²) >= 11 is 0. The molecule has 1 atom stereocenters. The molecule has 3 rings (SSSR count). The van der Waals surface area contributed by atoms with Gasteiger partial charge in [-0.2, -0.15) is 4.98 Å². The molecular formula is C13H16N4O3. The summed E-state index contributed by atoms with van der Waals surface area (Å²) in [5.41, 5.74) is 1.34. The first-order valence-electron chi connectivity index (χ1n) is 6.70. The third-order valence-corrected chi connectivity index (χ3v) is 3.51. The molecule has 7 nitrogen and oxygen atoms in total. The fourth-order valence-corrected chi connectivity index (χ4v) is 2.42. The fraction of sp³-hybridized carbons (Fsp3) is 0.462. The summed E-state index contributed by atoms with van der Waals surface area (Å²) in [5.74, 6) is 0.492. The van der Waals surface area contributed by atoms with Crippen LogP contribution in [0.2, 0.25) is 0 Å². The number of nitro benzene ring substituents is 1. The third-order valence-electron chi connectivity index (χ3n) is 3.51. The highest BCUT2D eigenvalue weighted by atomic mass is 16.6. The van der Waals surface area contributed by atoms with Crippen molar-refractivity contribution in [2.75, 3.05) is 19.7 Å². The number of hydrogen-bond acceptors (Lipinski definition) is 5. The highest BCUT2D eigenvalue weighted by Gasteiger charge is 2.15. The van der Waals surface area contributed by atoms with Crippen LogP contribution in [0.15, 0.2) is 18.2 Å². The molecule has 7 heteroatoms. The van der Waals surface area contributed by atoms with Gasteiger partial charge in [0.2, 0.25) is 0 Å². The lowest BCUT2D eigenvalue weighted by Gasteiger charge is -2.21. The van der Waals surface area contributed by atoms with Crippen molar-refractivity contribution in [3.05, 3.63) is 28.3 Å². The van der Waals surface area contributed by atoms with Crippen molar-refractivity contribution in [3.8, 4) is 6.01 Å². The first-order valence-corrected chi connectivity index (χ1v) is 6.70. The number of nitro groups is 1. The minimum absolute atomic E-state index is 0.0455. The number of fused-ring (bicyclic) bond motifs is 1. The van der Waals surface area contributed by atoms with Gasteiger partial charge in [0.05, 0.1) is 22.6 Å². The van der Waals surface area contributed by atoms with Crippen molar-refractivity contribution in [2.45, 2.75) is 12.8 Å². The SMILES string of the molecule is O=[N+]([O-])c1ccc2nc(OCC3CCCNC3)[nH]c2c1. The fourth-order valence-electron chi connectivity index (χ4n) is 2.42.